The van der Waals surface area contributed by atoms with E-state index in [9.17, 15) is 15.0 Å². The van der Waals surface area contributed by atoms with Gasteiger partial charge in [0, 0.05) is 37.9 Å². The van der Waals surface area contributed by atoms with Gasteiger partial charge < -0.3 is 15.1 Å². The first kappa shape index (κ1) is 15.3. The normalized spacial score (nSPS) is 22.4. The number of rotatable bonds is 3. The Labute approximate surface area is 131 Å². The number of likely N-dealkylation sites (tertiary alicyclic amines) is 1. The van der Waals surface area contributed by atoms with Crippen LogP contribution < -0.4 is 4.90 Å². The second kappa shape index (κ2) is 5.56. The number of nitrogens with zero attached hydrogens (tertiary/aromatic N) is 2. The third-order valence-electron chi connectivity index (χ3n) is 5.07. The molecule has 1 aromatic carbocycles. The molecule has 2 aliphatic heterocycles. The molecule has 0 radical (unpaired) electrons. The number of benzene rings is 1. The number of hydrogen-bond donors (Lipinski definition) is 2. The van der Waals surface area contributed by atoms with E-state index in [4.69, 9.17) is 0 Å². The molecule has 2 fully saturated rings. The second-order valence-electron chi connectivity index (χ2n) is 6.90. The number of aromatic carboxylic acids is 1. The van der Waals surface area contributed by atoms with Crippen LogP contribution in [-0.4, -0.2) is 58.9 Å². The lowest BCUT2D eigenvalue weighted by molar-refractivity contribution is -0.0197. The van der Waals surface area contributed by atoms with Crippen molar-refractivity contribution in [2.24, 2.45) is 0 Å². The Bertz CT molecular complexity index is 569. The summed E-state index contributed by atoms with van der Waals surface area (Å²) in [4.78, 5) is 15.9. The van der Waals surface area contributed by atoms with Crippen molar-refractivity contribution in [1.82, 2.24) is 4.90 Å². The first-order valence-electron chi connectivity index (χ1n) is 7.91. The monoisotopic (exact) mass is 304 g/mol. The highest BCUT2D eigenvalue weighted by atomic mass is 16.4. The van der Waals surface area contributed by atoms with Crippen LogP contribution in [0, 0.1) is 6.92 Å². The number of piperidine rings is 1. The molecular formula is C17H24N2O3. The molecule has 2 heterocycles. The van der Waals surface area contributed by atoms with Gasteiger partial charge in [-0.15, -0.1) is 0 Å². The summed E-state index contributed by atoms with van der Waals surface area (Å²) in [5.74, 6) is -0.866. The minimum absolute atomic E-state index is 0.384. The fourth-order valence-corrected chi connectivity index (χ4v) is 3.31. The van der Waals surface area contributed by atoms with Crippen molar-refractivity contribution in [2.75, 3.05) is 31.1 Å². The third-order valence-corrected chi connectivity index (χ3v) is 5.07. The summed E-state index contributed by atoms with van der Waals surface area (Å²) in [6.45, 7) is 7.50. The van der Waals surface area contributed by atoms with Gasteiger partial charge in [-0.05, 0) is 44.4 Å². The highest BCUT2D eigenvalue weighted by Gasteiger charge is 2.36. The van der Waals surface area contributed by atoms with Crippen LogP contribution in [0.25, 0.3) is 0 Å². The lowest BCUT2D eigenvalue weighted by atomic mass is 9.91. The van der Waals surface area contributed by atoms with Gasteiger partial charge in [-0.2, -0.15) is 0 Å². The molecule has 0 unspecified atom stereocenters. The molecule has 22 heavy (non-hydrogen) atoms. The van der Waals surface area contributed by atoms with E-state index in [2.05, 4.69) is 9.80 Å². The molecule has 0 spiro atoms. The Morgan fingerprint density at radius 1 is 1.27 bits per heavy atom. The molecule has 0 aromatic heterocycles. The van der Waals surface area contributed by atoms with Crippen molar-refractivity contribution >= 4 is 11.7 Å². The van der Waals surface area contributed by atoms with Gasteiger partial charge in [0.2, 0.25) is 0 Å². The maximum absolute atomic E-state index is 11.2. The summed E-state index contributed by atoms with van der Waals surface area (Å²) in [5.41, 5.74) is 1.66. The van der Waals surface area contributed by atoms with Gasteiger partial charge in [0.05, 0.1) is 11.2 Å². The van der Waals surface area contributed by atoms with Gasteiger partial charge in [-0.3, -0.25) is 4.90 Å². The molecular weight excluding hydrogens is 280 g/mol. The summed E-state index contributed by atoms with van der Waals surface area (Å²) in [5, 5.41) is 19.2. The summed E-state index contributed by atoms with van der Waals surface area (Å²) in [6.07, 6.45) is 1.66. The number of aryl methyl sites for hydroxylation is 1. The van der Waals surface area contributed by atoms with Crippen molar-refractivity contribution in [2.45, 2.75) is 38.3 Å². The second-order valence-corrected chi connectivity index (χ2v) is 6.90. The van der Waals surface area contributed by atoms with Crippen LogP contribution in [0.15, 0.2) is 18.2 Å². The zero-order valence-electron chi connectivity index (χ0n) is 13.2. The van der Waals surface area contributed by atoms with E-state index in [0.717, 1.165) is 50.3 Å². The Morgan fingerprint density at radius 2 is 1.91 bits per heavy atom. The number of carbonyl (C=O) groups is 1. The van der Waals surface area contributed by atoms with Gasteiger partial charge in [-0.25, -0.2) is 4.79 Å². The van der Waals surface area contributed by atoms with Crippen LogP contribution in [0.3, 0.4) is 0 Å². The molecule has 2 aliphatic rings. The molecule has 0 bridgehead atoms. The van der Waals surface area contributed by atoms with E-state index < -0.39 is 11.6 Å². The first-order chi connectivity index (χ1) is 10.4. The fraction of sp³-hybridized carbons (Fsp3) is 0.588. The van der Waals surface area contributed by atoms with Gasteiger partial charge in [-0.1, -0.05) is 6.07 Å². The zero-order chi connectivity index (χ0) is 15.9. The van der Waals surface area contributed by atoms with Crippen LogP contribution in [0.4, 0.5) is 5.69 Å². The van der Waals surface area contributed by atoms with E-state index in [1.165, 1.54) is 0 Å². The predicted molar refractivity (Wildman–Crippen MR) is 85.6 cm³/mol. The van der Waals surface area contributed by atoms with Crippen LogP contribution in [-0.2, 0) is 0 Å². The molecule has 0 amide bonds. The average molecular weight is 304 g/mol. The van der Waals surface area contributed by atoms with Crippen LogP contribution in [0.1, 0.15) is 35.7 Å². The molecule has 0 saturated carbocycles. The van der Waals surface area contributed by atoms with Crippen LogP contribution in [0.2, 0.25) is 0 Å². The lowest BCUT2D eigenvalue weighted by Crippen LogP contribution is -2.62. The quantitative estimate of drug-likeness (QED) is 0.890. The summed E-state index contributed by atoms with van der Waals surface area (Å²) < 4.78 is 0. The Balaban J connectivity index is 1.60. The molecule has 0 aliphatic carbocycles. The van der Waals surface area contributed by atoms with Crippen LogP contribution >= 0.6 is 0 Å². The highest BCUT2D eigenvalue weighted by molar-refractivity contribution is 5.90. The minimum Gasteiger partial charge on any atom is -0.478 e. The Morgan fingerprint density at radius 3 is 2.50 bits per heavy atom. The molecule has 3 rings (SSSR count). The number of hydrogen-bond acceptors (Lipinski definition) is 4. The molecule has 1 aromatic rings. The zero-order valence-corrected chi connectivity index (χ0v) is 13.2. The topological polar surface area (TPSA) is 64.0 Å². The molecule has 2 saturated heterocycles. The molecule has 5 heteroatoms. The Kier molecular flexibility index (Phi) is 3.87. The summed E-state index contributed by atoms with van der Waals surface area (Å²) in [6, 6.07) is 6.17. The first-order valence-corrected chi connectivity index (χ1v) is 7.91. The van der Waals surface area contributed by atoms with Crippen molar-refractivity contribution in [3.8, 4) is 0 Å². The summed E-state index contributed by atoms with van der Waals surface area (Å²) >= 11 is 0. The van der Waals surface area contributed by atoms with Crippen molar-refractivity contribution in [3.05, 3.63) is 29.3 Å². The highest BCUT2D eigenvalue weighted by Crippen LogP contribution is 2.29. The maximum atomic E-state index is 11.2. The van der Waals surface area contributed by atoms with E-state index in [-0.39, 0.29) is 0 Å². The largest absolute Gasteiger partial charge is 0.478 e. The number of aliphatic hydroxyl groups is 1. The summed E-state index contributed by atoms with van der Waals surface area (Å²) in [7, 11) is 0. The molecule has 2 N–H and O–H groups in total. The van der Waals surface area contributed by atoms with E-state index in [1.807, 2.05) is 26.0 Å². The standard InChI is InChI=1S/C17H24N2O3/c1-12-3-4-13(9-15(12)16(20)21)19-10-14(11-19)18-7-5-17(2,22)6-8-18/h3-4,9,14,22H,5-8,10-11H2,1-2H3,(H,20,21). The van der Waals surface area contributed by atoms with Crippen molar-refractivity contribution in [1.29, 1.82) is 0 Å². The number of carboxylic acid groups (broad SMARTS) is 1. The molecule has 5 nitrogen and oxygen atoms in total. The van der Waals surface area contributed by atoms with Gasteiger partial charge in [0.1, 0.15) is 0 Å². The smallest absolute Gasteiger partial charge is 0.336 e. The average Bonchev–Trinajstić information content (AvgIpc) is 2.40. The van der Waals surface area contributed by atoms with Crippen LogP contribution in [0.5, 0.6) is 0 Å². The molecule has 120 valence electrons. The fourth-order valence-electron chi connectivity index (χ4n) is 3.31. The van der Waals surface area contributed by atoms with E-state index >= 15 is 0 Å². The van der Waals surface area contributed by atoms with E-state index in [0.29, 0.717) is 11.6 Å². The van der Waals surface area contributed by atoms with Gasteiger partial charge in [0.15, 0.2) is 0 Å². The predicted octanol–water partition coefficient (Wildman–Crippen LogP) is 1.73. The molecule has 0 atom stereocenters. The third kappa shape index (κ3) is 2.96. The SMILES string of the molecule is Cc1ccc(N2CC(N3CCC(C)(O)CC3)C2)cc1C(=O)O. The van der Waals surface area contributed by atoms with Crippen molar-refractivity contribution in [3.63, 3.8) is 0 Å². The maximum Gasteiger partial charge on any atom is 0.336 e. The Hall–Kier alpha value is -1.59. The van der Waals surface area contributed by atoms with E-state index in [1.54, 1.807) is 6.07 Å². The van der Waals surface area contributed by atoms with Crippen molar-refractivity contribution < 1.29 is 15.0 Å². The van der Waals surface area contributed by atoms with Gasteiger partial charge >= 0.3 is 5.97 Å². The van der Waals surface area contributed by atoms with Gasteiger partial charge in [0.25, 0.3) is 0 Å². The minimum atomic E-state index is -0.866. The number of anilines is 1. The number of carboxylic acids is 1. The lowest BCUT2D eigenvalue weighted by Gasteiger charge is -2.49.